The zero-order valence-corrected chi connectivity index (χ0v) is 10.3. The number of nitriles is 1. The smallest absolute Gasteiger partial charge is 0.0893 e. The van der Waals surface area contributed by atoms with Crippen LogP contribution in [0.1, 0.15) is 52.4 Å². The van der Waals surface area contributed by atoms with Gasteiger partial charge in [0.15, 0.2) is 0 Å². The van der Waals surface area contributed by atoms with Gasteiger partial charge in [0.05, 0.1) is 17.1 Å². The summed E-state index contributed by atoms with van der Waals surface area (Å²) in [6.45, 7) is 4.09. The molecule has 2 heteroatoms. The van der Waals surface area contributed by atoms with E-state index < -0.39 is 11.0 Å². The van der Waals surface area contributed by atoms with Crippen LogP contribution in [0.2, 0.25) is 0 Å². The van der Waals surface area contributed by atoms with Gasteiger partial charge in [-0.3, -0.25) is 0 Å². The van der Waals surface area contributed by atoms with Crippen LogP contribution >= 0.6 is 0 Å². The lowest BCUT2D eigenvalue weighted by atomic mass is 9.59. The minimum atomic E-state index is -0.783. The van der Waals surface area contributed by atoms with E-state index in [0.717, 1.165) is 25.7 Å². The summed E-state index contributed by atoms with van der Waals surface area (Å²) < 4.78 is 0. The van der Waals surface area contributed by atoms with Crippen molar-refractivity contribution in [1.29, 1.82) is 5.26 Å². The van der Waals surface area contributed by atoms with E-state index in [1.165, 1.54) is 12.8 Å². The predicted octanol–water partition coefficient (Wildman–Crippen LogP) is 2.87. The van der Waals surface area contributed by atoms with Crippen LogP contribution < -0.4 is 0 Å². The van der Waals surface area contributed by atoms with Crippen LogP contribution in [0.25, 0.3) is 0 Å². The van der Waals surface area contributed by atoms with E-state index in [1.807, 2.05) is 6.92 Å². The van der Waals surface area contributed by atoms with Gasteiger partial charge in [0.1, 0.15) is 0 Å². The van der Waals surface area contributed by atoms with Gasteiger partial charge in [-0.25, -0.2) is 0 Å². The van der Waals surface area contributed by atoms with Crippen LogP contribution in [-0.4, -0.2) is 10.7 Å². The van der Waals surface area contributed by atoms with Gasteiger partial charge in [0, 0.05) is 0 Å². The second-order valence-electron chi connectivity index (χ2n) is 6.80. The van der Waals surface area contributed by atoms with Crippen molar-refractivity contribution in [2.75, 3.05) is 0 Å². The molecule has 0 aromatic carbocycles. The normalized spacial score (nSPS) is 47.4. The average Bonchev–Trinajstić information content (AvgIpc) is 2.77. The second-order valence-corrected chi connectivity index (χ2v) is 6.80. The molecule has 3 aliphatic rings. The number of nitrogens with zero attached hydrogens (tertiary/aromatic N) is 1. The summed E-state index contributed by atoms with van der Waals surface area (Å²) in [4.78, 5) is 0. The molecule has 0 aromatic heterocycles. The third-order valence-electron chi connectivity index (χ3n) is 6.09. The molecule has 0 saturated heterocycles. The van der Waals surface area contributed by atoms with Crippen molar-refractivity contribution in [1.82, 2.24) is 0 Å². The Morgan fingerprint density at radius 2 is 2.06 bits per heavy atom. The first kappa shape index (κ1) is 10.6. The molecule has 3 saturated carbocycles. The first-order valence-corrected chi connectivity index (χ1v) is 6.59. The first-order valence-electron chi connectivity index (χ1n) is 6.59. The predicted molar refractivity (Wildman–Crippen MR) is 61.5 cm³/mol. The minimum Gasteiger partial charge on any atom is -0.388 e. The number of hydrogen-bond donors (Lipinski definition) is 1. The summed E-state index contributed by atoms with van der Waals surface area (Å²) >= 11 is 0. The van der Waals surface area contributed by atoms with Gasteiger partial charge in [-0.1, -0.05) is 13.3 Å². The molecule has 0 aromatic rings. The third-order valence-corrected chi connectivity index (χ3v) is 6.09. The highest BCUT2D eigenvalue weighted by Crippen LogP contribution is 2.68. The SMILES string of the molecule is CC1(C(C)(O)C2(C#N)CC3CCC2C3)CC1. The van der Waals surface area contributed by atoms with E-state index >= 15 is 0 Å². The summed E-state index contributed by atoms with van der Waals surface area (Å²) in [6, 6.07) is 2.55. The topological polar surface area (TPSA) is 44.0 Å². The van der Waals surface area contributed by atoms with Crippen molar-refractivity contribution in [3.63, 3.8) is 0 Å². The number of rotatable bonds is 2. The number of fused-ring (bicyclic) bond motifs is 2. The summed E-state index contributed by atoms with van der Waals surface area (Å²) in [7, 11) is 0. The Labute approximate surface area is 97.7 Å². The molecule has 3 rings (SSSR count). The van der Waals surface area contributed by atoms with E-state index in [1.54, 1.807) is 0 Å². The van der Waals surface area contributed by atoms with Gasteiger partial charge in [-0.2, -0.15) is 5.26 Å². The molecule has 4 atom stereocenters. The van der Waals surface area contributed by atoms with Crippen LogP contribution in [-0.2, 0) is 0 Å². The summed E-state index contributed by atoms with van der Waals surface area (Å²) in [6.07, 6.45) is 6.73. The first-order chi connectivity index (χ1) is 7.45. The number of aliphatic hydroxyl groups is 1. The Bertz CT molecular complexity index is 363. The fraction of sp³-hybridized carbons (Fsp3) is 0.929. The summed E-state index contributed by atoms with van der Waals surface area (Å²) in [5.74, 6) is 1.16. The molecule has 0 spiro atoms. The van der Waals surface area contributed by atoms with E-state index in [4.69, 9.17) is 0 Å². The molecule has 0 radical (unpaired) electrons. The summed E-state index contributed by atoms with van der Waals surface area (Å²) in [5, 5.41) is 20.6. The average molecular weight is 219 g/mol. The van der Waals surface area contributed by atoms with Crippen molar-refractivity contribution < 1.29 is 5.11 Å². The Morgan fingerprint density at radius 3 is 2.44 bits per heavy atom. The highest BCUT2D eigenvalue weighted by atomic mass is 16.3. The molecule has 2 bridgehead atoms. The monoisotopic (exact) mass is 219 g/mol. The maximum Gasteiger partial charge on any atom is 0.0893 e. The lowest BCUT2D eigenvalue weighted by Crippen LogP contribution is -2.53. The Balaban J connectivity index is 2.00. The van der Waals surface area contributed by atoms with Crippen molar-refractivity contribution in [3.8, 4) is 6.07 Å². The van der Waals surface area contributed by atoms with Gasteiger partial charge in [-0.05, 0) is 56.3 Å². The fourth-order valence-corrected chi connectivity index (χ4v) is 4.38. The second kappa shape index (κ2) is 2.82. The van der Waals surface area contributed by atoms with Gasteiger partial charge in [-0.15, -0.1) is 0 Å². The highest BCUT2D eigenvalue weighted by molar-refractivity contribution is 5.24. The Morgan fingerprint density at radius 1 is 1.38 bits per heavy atom. The maximum atomic E-state index is 11.0. The molecule has 1 N–H and O–H groups in total. The van der Waals surface area contributed by atoms with E-state index in [0.29, 0.717) is 11.8 Å². The lowest BCUT2D eigenvalue weighted by Gasteiger charge is -2.47. The molecule has 4 unspecified atom stereocenters. The van der Waals surface area contributed by atoms with Crippen LogP contribution in [0.5, 0.6) is 0 Å². The van der Waals surface area contributed by atoms with Crippen LogP contribution in [0.15, 0.2) is 0 Å². The third kappa shape index (κ3) is 1.01. The molecule has 0 aliphatic heterocycles. The largest absolute Gasteiger partial charge is 0.388 e. The van der Waals surface area contributed by atoms with Crippen LogP contribution in [0, 0.1) is 34.0 Å². The van der Waals surface area contributed by atoms with Gasteiger partial charge < -0.3 is 5.11 Å². The fourth-order valence-electron chi connectivity index (χ4n) is 4.38. The minimum absolute atomic E-state index is 0.00715. The molecule has 16 heavy (non-hydrogen) atoms. The molecule has 3 fully saturated rings. The molecule has 88 valence electrons. The lowest BCUT2D eigenvalue weighted by molar-refractivity contribution is -0.116. The molecular weight excluding hydrogens is 198 g/mol. The molecule has 0 heterocycles. The maximum absolute atomic E-state index is 11.0. The number of hydrogen-bond acceptors (Lipinski definition) is 2. The van der Waals surface area contributed by atoms with E-state index in [2.05, 4.69) is 13.0 Å². The van der Waals surface area contributed by atoms with Crippen molar-refractivity contribution in [3.05, 3.63) is 0 Å². The van der Waals surface area contributed by atoms with E-state index in [9.17, 15) is 10.4 Å². The Hall–Kier alpha value is -0.550. The zero-order valence-electron chi connectivity index (χ0n) is 10.3. The Kier molecular flexibility index (Phi) is 1.87. The summed E-state index contributed by atoms with van der Waals surface area (Å²) in [5.41, 5.74) is -1.22. The van der Waals surface area contributed by atoms with Crippen molar-refractivity contribution in [2.45, 2.75) is 58.0 Å². The van der Waals surface area contributed by atoms with Crippen LogP contribution in [0.4, 0.5) is 0 Å². The standard InChI is InChI=1S/C14H21NO/c1-12(5-6-12)13(2,16)14(9-15)8-10-3-4-11(14)7-10/h10-11,16H,3-8H2,1-2H3. The van der Waals surface area contributed by atoms with Gasteiger partial charge >= 0.3 is 0 Å². The van der Waals surface area contributed by atoms with Gasteiger partial charge in [0.25, 0.3) is 0 Å². The van der Waals surface area contributed by atoms with Crippen LogP contribution in [0.3, 0.4) is 0 Å². The van der Waals surface area contributed by atoms with E-state index in [-0.39, 0.29) is 5.41 Å². The zero-order chi connectivity index (χ0) is 11.6. The molecule has 0 amide bonds. The van der Waals surface area contributed by atoms with Crippen molar-refractivity contribution in [2.24, 2.45) is 22.7 Å². The van der Waals surface area contributed by atoms with Crippen molar-refractivity contribution >= 4 is 0 Å². The molecule has 2 nitrogen and oxygen atoms in total. The molecule has 3 aliphatic carbocycles. The quantitative estimate of drug-likeness (QED) is 0.776. The highest BCUT2D eigenvalue weighted by Gasteiger charge is 2.68. The molecular formula is C14H21NO. The van der Waals surface area contributed by atoms with Gasteiger partial charge in [0.2, 0.25) is 0 Å².